The van der Waals surface area contributed by atoms with Gasteiger partial charge >= 0.3 is 6.18 Å². The van der Waals surface area contributed by atoms with Crippen molar-refractivity contribution in [2.45, 2.75) is 64.7 Å². The average molecular weight is 394 g/mol. The summed E-state index contributed by atoms with van der Waals surface area (Å²) < 4.78 is 58.1. The Morgan fingerprint density at radius 1 is 1.22 bits per heavy atom. The molecule has 1 saturated heterocycles. The normalized spacial score (nSPS) is 39.6. The van der Waals surface area contributed by atoms with Gasteiger partial charge in [-0.25, -0.2) is 9.78 Å². The Labute approximate surface area is 158 Å². The molecule has 2 unspecified atom stereocenters. The minimum Gasteiger partial charge on any atom is -0.459 e. The second kappa shape index (κ2) is 7.89. The van der Waals surface area contributed by atoms with Crippen LogP contribution in [0.25, 0.3) is 0 Å². The highest BCUT2D eigenvalue weighted by molar-refractivity contribution is 5.23. The summed E-state index contributed by atoms with van der Waals surface area (Å²) in [6.07, 6.45) is -2.75. The first-order valence-electron chi connectivity index (χ1n) is 9.64. The van der Waals surface area contributed by atoms with E-state index in [1.54, 1.807) is 13.8 Å². The van der Waals surface area contributed by atoms with Crippen LogP contribution in [0.15, 0.2) is 11.3 Å². The molecule has 5 nitrogen and oxygen atoms in total. The molecule has 156 valence electrons. The van der Waals surface area contributed by atoms with Gasteiger partial charge < -0.3 is 14.2 Å². The number of allylic oxidation sites excluding steroid dienone is 1. The molecule has 0 radical (unpaired) electrons. The zero-order valence-electron chi connectivity index (χ0n) is 16.3. The van der Waals surface area contributed by atoms with Crippen LogP contribution in [0, 0.1) is 23.7 Å². The first-order chi connectivity index (χ1) is 12.7. The molecule has 0 spiro atoms. The lowest BCUT2D eigenvalue weighted by atomic mass is 9.62. The van der Waals surface area contributed by atoms with E-state index < -0.39 is 24.0 Å². The Balaban J connectivity index is 2.02. The second-order valence-electron chi connectivity index (χ2n) is 7.92. The summed E-state index contributed by atoms with van der Waals surface area (Å²) >= 11 is 0. The highest BCUT2D eigenvalue weighted by atomic mass is 19.4. The smallest absolute Gasteiger partial charge is 0.449 e. The monoisotopic (exact) mass is 394 g/mol. The maximum Gasteiger partial charge on any atom is 0.449 e. The molecule has 3 rings (SSSR count). The number of ether oxygens (including phenoxy) is 3. The fourth-order valence-corrected chi connectivity index (χ4v) is 4.95. The predicted molar refractivity (Wildman–Crippen MR) is 90.1 cm³/mol. The molecule has 0 N–H and O–H groups in total. The first kappa shape index (κ1) is 20.9. The molecule has 0 amide bonds. The average Bonchev–Trinajstić information content (AvgIpc) is 2.73. The van der Waals surface area contributed by atoms with E-state index in [-0.39, 0.29) is 29.9 Å². The molecule has 2 fully saturated rings. The molecule has 0 aromatic carbocycles. The number of alkyl halides is 3. The summed E-state index contributed by atoms with van der Waals surface area (Å²) in [6, 6.07) is 0. The van der Waals surface area contributed by atoms with Gasteiger partial charge in [0.25, 0.3) is 0 Å². The molecule has 8 heteroatoms. The summed E-state index contributed by atoms with van der Waals surface area (Å²) in [7, 11) is 1.36. The van der Waals surface area contributed by atoms with Crippen molar-refractivity contribution in [2.24, 2.45) is 23.7 Å². The zero-order valence-corrected chi connectivity index (χ0v) is 16.3. The SMILES string of the molecule is CCOCC1=C(C(F)(F)F)O[C@@H]2O[C@](C)(OOC)CCC3C2[C@H]1CC[C@H]3C. The minimum absolute atomic E-state index is 0.0633. The molecule has 27 heavy (non-hydrogen) atoms. The molecule has 2 heterocycles. The van der Waals surface area contributed by atoms with Gasteiger partial charge in [0, 0.05) is 24.5 Å². The Bertz CT molecular complexity index is 564. The lowest BCUT2D eigenvalue weighted by Gasteiger charge is -2.48. The maximum absolute atomic E-state index is 13.8. The van der Waals surface area contributed by atoms with Crippen molar-refractivity contribution in [2.75, 3.05) is 20.3 Å². The lowest BCUT2D eigenvalue weighted by molar-refractivity contribution is -0.438. The van der Waals surface area contributed by atoms with Crippen LogP contribution in [0.4, 0.5) is 13.2 Å². The quantitative estimate of drug-likeness (QED) is 0.505. The van der Waals surface area contributed by atoms with E-state index in [1.807, 2.05) is 0 Å². The van der Waals surface area contributed by atoms with Crippen molar-refractivity contribution in [1.29, 1.82) is 0 Å². The molecular weight excluding hydrogens is 365 g/mol. The van der Waals surface area contributed by atoms with Crippen LogP contribution in [0.3, 0.4) is 0 Å². The van der Waals surface area contributed by atoms with E-state index in [1.165, 1.54) is 7.11 Å². The summed E-state index contributed by atoms with van der Waals surface area (Å²) in [5.74, 6) is -1.95. The molecule has 1 saturated carbocycles. The van der Waals surface area contributed by atoms with E-state index in [0.29, 0.717) is 25.4 Å². The molecular formula is C19H29F3O5. The molecule has 6 atom stereocenters. The van der Waals surface area contributed by atoms with E-state index in [2.05, 4.69) is 6.92 Å². The molecule has 2 aliphatic heterocycles. The van der Waals surface area contributed by atoms with Crippen LogP contribution in [-0.2, 0) is 24.0 Å². The fraction of sp³-hybridized carbons (Fsp3) is 0.895. The molecule has 3 aliphatic rings. The number of hydrogen-bond donors (Lipinski definition) is 0. The van der Waals surface area contributed by atoms with Gasteiger partial charge in [0.1, 0.15) is 0 Å². The standard InChI is InChI=1S/C19H29F3O5/c1-5-24-10-14-13-7-6-11(2)12-8-9-18(3,27-23-4)26-17(15(12)13)25-16(14)19(20,21)22/h11-13,15,17H,5-10H2,1-4H3/t11-,12?,13+,15?,17-,18-/m1/s1. The minimum atomic E-state index is -4.59. The van der Waals surface area contributed by atoms with Crippen molar-refractivity contribution in [3.8, 4) is 0 Å². The summed E-state index contributed by atoms with van der Waals surface area (Å²) in [6.45, 7) is 5.90. The van der Waals surface area contributed by atoms with Crippen LogP contribution >= 0.6 is 0 Å². The largest absolute Gasteiger partial charge is 0.459 e. The predicted octanol–water partition coefficient (Wildman–Crippen LogP) is 4.58. The van der Waals surface area contributed by atoms with Gasteiger partial charge in [-0.1, -0.05) is 6.92 Å². The molecule has 1 aliphatic carbocycles. The van der Waals surface area contributed by atoms with E-state index >= 15 is 0 Å². The third-order valence-corrected chi connectivity index (χ3v) is 6.19. The van der Waals surface area contributed by atoms with Crippen molar-refractivity contribution in [3.63, 3.8) is 0 Å². The van der Waals surface area contributed by atoms with Crippen molar-refractivity contribution in [3.05, 3.63) is 11.3 Å². The zero-order chi connectivity index (χ0) is 19.8. The lowest BCUT2D eigenvalue weighted by Crippen LogP contribution is -2.49. The maximum atomic E-state index is 13.8. The second-order valence-corrected chi connectivity index (χ2v) is 7.92. The van der Waals surface area contributed by atoms with Gasteiger partial charge in [-0.05, 0) is 50.9 Å². The van der Waals surface area contributed by atoms with Gasteiger partial charge in [-0.15, -0.1) is 0 Å². The van der Waals surface area contributed by atoms with Gasteiger partial charge in [0.2, 0.25) is 17.8 Å². The van der Waals surface area contributed by atoms with E-state index in [4.69, 9.17) is 24.0 Å². The number of rotatable bonds is 5. The Morgan fingerprint density at radius 3 is 2.59 bits per heavy atom. The number of halogens is 3. The van der Waals surface area contributed by atoms with Crippen LogP contribution in [0.2, 0.25) is 0 Å². The van der Waals surface area contributed by atoms with Crippen LogP contribution < -0.4 is 0 Å². The third kappa shape index (κ3) is 4.13. The van der Waals surface area contributed by atoms with Crippen molar-refractivity contribution < 1.29 is 37.2 Å². The molecule has 0 bridgehead atoms. The van der Waals surface area contributed by atoms with Gasteiger partial charge in [-0.3, -0.25) is 0 Å². The first-order valence-corrected chi connectivity index (χ1v) is 9.64. The fourth-order valence-electron chi connectivity index (χ4n) is 4.95. The highest BCUT2D eigenvalue weighted by Gasteiger charge is 2.56. The van der Waals surface area contributed by atoms with Crippen LogP contribution in [0.1, 0.15) is 46.5 Å². The Morgan fingerprint density at radius 2 is 1.96 bits per heavy atom. The Hall–Kier alpha value is -0.830. The van der Waals surface area contributed by atoms with Crippen LogP contribution in [-0.4, -0.2) is 38.6 Å². The number of hydrogen-bond acceptors (Lipinski definition) is 5. The topological polar surface area (TPSA) is 46.2 Å². The molecule has 0 aromatic rings. The van der Waals surface area contributed by atoms with Gasteiger partial charge in [-0.2, -0.15) is 13.2 Å². The summed E-state index contributed by atoms with van der Waals surface area (Å²) in [4.78, 5) is 10.1. The molecule has 0 aromatic heterocycles. The highest BCUT2D eigenvalue weighted by Crippen LogP contribution is 2.54. The summed E-state index contributed by atoms with van der Waals surface area (Å²) in [5.41, 5.74) is 0.224. The van der Waals surface area contributed by atoms with E-state index in [0.717, 1.165) is 12.8 Å². The van der Waals surface area contributed by atoms with Crippen LogP contribution in [0.5, 0.6) is 0 Å². The van der Waals surface area contributed by atoms with E-state index in [9.17, 15) is 13.2 Å². The van der Waals surface area contributed by atoms with Gasteiger partial charge in [0.15, 0.2) is 0 Å². The third-order valence-electron chi connectivity index (χ3n) is 6.19. The van der Waals surface area contributed by atoms with Gasteiger partial charge in [0.05, 0.1) is 13.7 Å². The van der Waals surface area contributed by atoms with Crippen molar-refractivity contribution in [1.82, 2.24) is 0 Å². The Kier molecular flexibility index (Phi) is 6.11. The van der Waals surface area contributed by atoms with Crippen molar-refractivity contribution >= 4 is 0 Å². The summed E-state index contributed by atoms with van der Waals surface area (Å²) in [5, 5.41) is 0.